The number of allylic oxidation sites excluding steroid dienone is 1. The molecule has 0 aromatic carbocycles. The van der Waals surface area contributed by atoms with E-state index >= 15 is 0 Å². The van der Waals surface area contributed by atoms with Crippen molar-refractivity contribution in [2.24, 2.45) is 0 Å². The Morgan fingerprint density at radius 1 is 1.23 bits per heavy atom. The molecule has 1 saturated heterocycles. The summed E-state index contributed by atoms with van der Waals surface area (Å²) in [6.45, 7) is 6.01. The maximum Gasteiger partial charge on any atom is 0.249 e. The van der Waals surface area contributed by atoms with Crippen molar-refractivity contribution in [2.45, 2.75) is 70.8 Å². The fourth-order valence-corrected chi connectivity index (χ4v) is 2.71. The molecule has 1 aliphatic rings. The third-order valence-electron chi connectivity index (χ3n) is 4.01. The molecule has 0 radical (unpaired) electrons. The van der Waals surface area contributed by atoms with Gasteiger partial charge in [-0.3, -0.25) is 19.7 Å². The van der Waals surface area contributed by atoms with Crippen LogP contribution in [-0.2, 0) is 14.4 Å². The lowest BCUT2D eigenvalue weighted by Crippen LogP contribution is -2.47. The van der Waals surface area contributed by atoms with Gasteiger partial charge >= 0.3 is 0 Å². The molecule has 1 aliphatic heterocycles. The number of imide groups is 1. The van der Waals surface area contributed by atoms with E-state index in [9.17, 15) is 14.4 Å². The molecule has 1 atom stereocenters. The molecule has 124 valence electrons. The Balaban J connectivity index is 2.35. The Kier molecular flexibility index (Phi) is 8.48. The average Bonchev–Trinajstić information content (AvgIpc) is 3.00. The first-order chi connectivity index (χ1) is 10.6. The van der Waals surface area contributed by atoms with Gasteiger partial charge in [0.15, 0.2) is 0 Å². The molecule has 0 saturated carbocycles. The standard InChI is InChI=1S/C17H28N2O3/c1-3-5-6-7-8-9-12-16(21)19-13-10-11-14(19)17(22)18-15(20)4-2/h3,14H,1,4-13H2,2H3,(H,18,20,22)/t14-/m0/s1. The van der Waals surface area contributed by atoms with E-state index in [1.165, 1.54) is 0 Å². The predicted octanol–water partition coefficient (Wildman–Crippen LogP) is 2.56. The number of unbranched alkanes of at least 4 members (excludes halogenated alkanes) is 4. The summed E-state index contributed by atoms with van der Waals surface area (Å²) in [5.74, 6) is -0.583. The van der Waals surface area contributed by atoms with Gasteiger partial charge in [-0.15, -0.1) is 6.58 Å². The first-order valence-corrected chi connectivity index (χ1v) is 8.34. The minimum Gasteiger partial charge on any atom is -0.331 e. The number of amides is 3. The fourth-order valence-electron chi connectivity index (χ4n) is 2.71. The molecule has 22 heavy (non-hydrogen) atoms. The number of nitrogens with zero attached hydrogens (tertiary/aromatic N) is 1. The zero-order valence-electron chi connectivity index (χ0n) is 13.6. The summed E-state index contributed by atoms with van der Waals surface area (Å²) in [4.78, 5) is 37.2. The molecular formula is C17H28N2O3. The van der Waals surface area contributed by atoms with Crippen LogP contribution in [0, 0.1) is 0 Å². The first kappa shape index (κ1) is 18.4. The van der Waals surface area contributed by atoms with Crippen molar-refractivity contribution in [3.8, 4) is 0 Å². The molecule has 1 N–H and O–H groups in total. The van der Waals surface area contributed by atoms with Gasteiger partial charge in [0.1, 0.15) is 6.04 Å². The second-order valence-corrected chi connectivity index (χ2v) is 5.75. The number of likely N-dealkylation sites (tertiary alicyclic amines) is 1. The van der Waals surface area contributed by atoms with E-state index < -0.39 is 6.04 Å². The van der Waals surface area contributed by atoms with Crippen LogP contribution in [-0.4, -0.2) is 35.2 Å². The van der Waals surface area contributed by atoms with Crippen molar-refractivity contribution in [2.75, 3.05) is 6.54 Å². The largest absolute Gasteiger partial charge is 0.331 e. The summed E-state index contributed by atoms with van der Waals surface area (Å²) in [6.07, 6.45) is 9.27. The van der Waals surface area contributed by atoms with Crippen LogP contribution in [0.4, 0.5) is 0 Å². The molecule has 5 heteroatoms. The van der Waals surface area contributed by atoms with Crippen molar-refractivity contribution in [3.05, 3.63) is 12.7 Å². The Morgan fingerprint density at radius 3 is 2.64 bits per heavy atom. The van der Waals surface area contributed by atoms with Gasteiger partial charge in [-0.2, -0.15) is 0 Å². The number of nitrogens with one attached hydrogen (secondary N) is 1. The average molecular weight is 308 g/mol. The molecule has 3 amide bonds. The predicted molar refractivity (Wildman–Crippen MR) is 86.1 cm³/mol. The number of hydrogen-bond acceptors (Lipinski definition) is 3. The summed E-state index contributed by atoms with van der Waals surface area (Å²) in [5, 5.41) is 2.37. The lowest BCUT2D eigenvalue weighted by Gasteiger charge is -2.23. The number of carbonyl (C=O) groups is 3. The molecular weight excluding hydrogens is 280 g/mol. The van der Waals surface area contributed by atoms with Crippen LogP contribution >= 0.6 is 0 Å². The topological polar surface area (TPSA) is 66.5 Å². The third-order valence-corrected chi connectivity index (χ3v) is 4.01. The SMILES string of the molecule is C=CCCCCCCC(=O)N1CCC[C@H]1C(=O)NC(=O)CC. The molecule has 0 aromatic heterocycles. The summed E-state index contributed by atoms with van der Waals surface area (Å²) >= 11 is 0. The molecule has 0 bridgehead atoms. The van der Waals surface area contributed by atoms with E-state index in [1.807, 2.05) is 6.08 Å². The minimum atomic E-state index is -0.469. The summed E-state index contributed by atoms with van der Waals surface area (Å²) in [7, 11) is 0. The molecule has 0 aromatic rings. The zero-order chi connectivity index (χ0) is 16.4. The van der Waals surface area contributed by atoms with Gasteiger partial charge in [0.25, 0.3) is 0 Å². The van der Waals surface area contributed by atoms with Gasteiger partial charge < -0.3 is 4.90 Å². The van der Waals surface area contributed by atoms with Gasteiger partial charge in [0.2, 0.25) is 17.7 Å². The van der Waals surface area contributed by atoms with Crippen LogP contribution in [0.5, 0.6) is 0 Å². The number of hydrogen-bond donors (Lipinski definition) is 1. The smallest absolute Gasteiger partial charge is 0.249 e. The zero-order valence-corrected chi connectivity index (χ0v) is 13.6. The highest BCUT2D eigenvalue weighted by Gasteiger charge is 2.34. The van der Waals surface area contributed by atoms with Crippen LogP contribution in [0.15, 0.2) is 12.7 Å². The van der Waals surface area contributed by atoms with E-state index in [0.29, 0.717) is 19.4 Å². The van der Waals surface area contributed by atoms with Gasteiger partial charge in [-0.05, 0) is 32.1 Å². The van der Waals surface area contributed by atoms with Gasteiger partial charge in [-0.1, -0.05) is 25.8 Å². The van der Waals surface area contributed by atoms with E-state index in [0.717, 1.165) is 38.5 Å². The number of rotatable bonds is 9. The normalized spacial score (nSPS) is 17.3. The lowest BCUT2D eigenvalue weighted by atomic mass is 10.1. The second kappa shape index (κ2) is 10.1. The minimum absolute atomic E-state index is 0.0327. The highest BCUT2D eigenvalue weighted by Crippen LogP contribution is 2.19. The van der Waals surface area contributed by atoms with Crippen LogP contribution in [0.2, 0.25) is 0 Å². The van der Waals surface area contributed by atoms with Crippen molar-refractivity contribution in [1.82, 2.24) is 10.2 Å². The maximum atomic E-state index is 12.2. The Hall–Kier alpha value is -1.65. The van der Waals surface area contributed by atoms with Crippen LogP contribution in [0.3, 0.4) is 0 Å². The molecule has 0 unspecified atom stereocenters. The Labute approximate surface area is 133 Å². The van der Waals surface area contributed by atoms with E-state index in [1.54, 1.807) is 11.8 Å². The maximum absolute atomic E-state index is 12.2. The van der Waals surface area contributed by atoms with Crippen LogP contribution in [0.1, 0.15) is 64.7 Å². The monoisotopic (exact) mass is 308 g/mol. The summed E-state index contributed by atoms with van der Waals surface area (Å²) in [6, 6.07) is -0.469. The lowest BCUT2D eigenvalue weighted by molar-refractivity contribution is -0.140. The highest BCUT2D eigenvalue weighted by atomic mass is 16.2. The highest BCUT2D eigenvalue weighted by molar-refractivity contribution is 5.99. The first-order valence-electron chi connectivity index (χ1n) is 8.34. The van der Waals surface area contributed by atoms with E-state index in [-0.39, 0.29) is 24.1 Å². The van der Waals surface area contributed by atoms with Crippen molar-refractivity contribution < 1.29 is 14.4 Å². The van der Waals surface area contributed by atoms with Crippen molar-refractivity contribution in [3.63, 3.8) is 0 Å². The van der Waals surface area contributed by atoms with Crippen LogP contribution in [0.25, 0.3) is 0 Å². The summed E-state index contributed by atoms with van der Waals surface area (Å²) in [5.41, 5.74) is 0. The molecule has 0 aliphatic carbocycles. The Morgan fingerprint density at radius 2 is 1.95 bits per heavy atom. The molecule has 0 spiro atoms. The van der Waals surface area contributed by atoms with E-state index in [2.05, 4.69) is 11.9 Å². The van der Waals surface area contributed by atoms with Crippen LogP contribution < -0.4 is 5.32 Å². The molecule has 1 fully saturated rings. The Bertz CT molecular complexity index is 407. The molecule has 5 nitrogen and oxygen atoms in total. The quantitative estimate of drug-likeness (QED) is 0.526. The van der Waals surface area contributed by atoms with Crippen molar-refractivity contribution in [1.29, 1.82) is 0 Å². The van der Waals surface area contributed by atoms with Gasteiger partial charge in [-0.25, -0.2) is 0 Å². The van der Waals surface area contributed by atoms with Crippen molar-refractivity contribution >= 4 is 17.7 Å². The van der Waals surface area contributed by atoms with Gasteiger partial charge in [0, 0.05) is 19.4 Å². The fraction of sp³-hybridized carbons (Fsp3) is 0.706. The molecule has 1 heterocycles. The summed E-state index contributed by atoms with van der Waals surface area (Å²) < 4.78 is 0. The third kappa shape index (κ3) is 6.00. The molecule has 1 rings (SSSR count). The number of carbonyl (C=O) groups excluding carboxylic acids is 3. The van der Waals surface area contributed by atoms with E-state index in [4.69, 9.17) is 0 Å². The van der Waals surface area contributed by atoms with Gasteiger partial charge in [0.05, 0.1) is 0 Å². The second-order valence-electron chi connectivity index (χ2n) is 5.75.